The van der Waals surface area contributed by atoms with Gasteiger partial charge in [0.05, 0.1) is 12.1 Å². The first-order valence-corrected chi connectivity index (χ1v) is 8.46. The van der Waals surface area contributed by atoms with E-state index in [1.54, 1.807) is 0 Å². The van der Waals surface area contributed by atoms with Gasteiger partial charge in [0.1, 0.15) is 10.9 Å². The van der Waals surface area contributed by atoms with Crippen molar-refractivity contribution in [2.45, 2.75) is 31.2 Å². The lowest BCUT2D eigenvalue weighted by Gasteiger charge is -2.18. The Balaban J connectivity index is 3.11. The van der Waals surface area contributed by atoms with Gasteiger partial charge in [-0.25, -0.2) is 8.42 Å². The third kappa shape index (κ3) is 5.14. The summed E-state index contributed by atoms with van der Waals surface area (Å²) in [5.74, 6) is -0.544. The molecule has 0 spiro atoms. The molecule has 0 saturated heterocycles. The molecule has 0 fully saturated rings. The fraction of sp³-hybridized carbons (Fsp3) is 0.462. The number of halogens is 2. The van der Waals surface area contributed by atoms with Crippen LogP contribution in [0.3, 0.4) is 0 Å². The molecule has 0 bridgehead atoms. The normalized spacial score (nSPS) is 13.2. The molecule has 0 amide bonds. The Morgan fingerprint density at radius 3 is 2.48 bits per heavy atom. The van der Waals surface area contributed by atoms with Crippen molar-refractivity contribution < 1.29 is 17.9 Å². The first-order chi connectivity index (χ1) is 9.67. The zero-order chi connectivity index (χ0) is 16.2. The summed E-state index contributed by atoms with van der Waals surface area (Å²) in [6.07, 6.45) is 0.310. The quantitative estimate of drug-likeness (QED) is 0.798. The lowest BCUT2D eigenvalue weighted by molar-refractivity contribution is -0.143. The molecule has 1 aromatic rings. The molecule has 0 aliphatic heterocycles. The van der Waals surface area contributed by atoms with Gasteiger partial charge in [0, 0.05) is 5.02 Å². The van der Waals surface area contributed by atoms with E-state index in [9.17, 15) is 13.2 Å². The van der Waals surface area contributed by atoms with Crippen molar-refractivity contribution in [1.82, 2.24) is 4.72 Å². The molecule has 21 heavy (non-hydrogen) atoms. The highest BCUT2D eigenvalue weighted by molar-refractivity contribution is 7.89. The molecule has 5 nitrogen and oxygen atoms in total. The molecule has 1 N–H and O–H groups in total. The summed E-state index contributed by atoms with van der Waals surface area (Å²) >= 11 is 11.7. The number of benzene rings is 1. The molecule has 0 radical (unpaired) electrons. The second-order valence-electron chi connectivity index (χ2n) is 4.90. The highest BCUT2D eigenvalue weighted by Gasteiger charge is 2.28. The van der Waals surface area contributed by atoms with Gasteiger partial charge in [-0.05, 0) is 30.5 Å². The van der Waals surface area contributed by atoms with Gasteiger partial charge >= 0.3 is 5.97 Å². The molecular formula is C13H17Cl2NO4S. The molecule has 0 saturated carbocycles. The van der Waals surface area contributed by atoms with Crippen LogP contribution in [0.15, 0.2) is 23.1 Å². The Hall–Kier alpha value is -0.820. The van der Waals surface area contributed by atoms with Crippen molar-refractivity contribution in [3.63, 3.8) is 0 Å². The van der Waals surface area contributed by atoms with Gasteiger partial charge in [0.2, 0.25) is 10.0 Å². The van der Waals surface area contributed by atoms with Crippen LogP contribution in [0.2, 0.25) is 10.0 Å². The SMILES string of the molecule is COC(=O)C(CC(C)C)NS(=O)(=O)c1cc(Cl)ccc1Cl. The fourth-order valence-corrected chi connectivity index (χ4v) is 3.70. The van der Waals surface area contributed by atoms with E-state index in [1.165, 1.54) is 25.3 Å². The van der Waals surface area contributed by atoms with Crippen LogP contribution in [-0.4, -0.2) is 27.5 Å². The van der Waals surface area contributed by atoms with E-state index in [-0.39, 0.29) is 20.9 Å². The topological polar surface area (TPSA) is 72.5 Å². The number of carbonyl (C=O) groups excluding carboxylic acids is 1. The molecule has 1 aromatic carbocycles. The number of sulfonamides is 1. The lowest BCUT2D eigenvalue weighted by atomic mass is 10.1. The second-order valence-corrected chi connectivity index (χ2v) is 7.43. The van der Waals surface area contributed by atoms with E-state index in [0.717, 1.165) is 0 Å². The molecule has 8 heteroatoms. The smallest absolute Gasteiger partial charge is 0.323 e. The average Bonchev–Trinajstić information content (AvgIpc) is 2.38. The minimum atomic E-state index is -3.98. The van der Waals surface area contributed by atoms with E-state index in [2.05, 4.69) is 9.46 Å². The highest BCUT2D eigenvalue weighted by atomic mass is 35.5. The van der Waals surface area contributed by atoms with E-state index in [4.69, 9.17) is 23.2 Å². The zero-order valence-corrected chi connectivity index (χ0v) is 14.2. The Bertz CT molecular complexity index is 617. The van der Waals surface area contributed by atoms with Crippen LogP contribution < -0.4 is 4.72 Å². The van der Waals surface area contributed by atoms with Crippen LogP contribution in [-0.2, 0) is 19.6 Å². The molecule has 0 heterocycles. The average molecular weight is 354 g/mol. The first kappa shape index (κ1) is 18.2. The number of esters is 1. The van der Waals surface area contributed by atoms with Crippen molar-refractivity contribution >= 4 is 39.2 Å². The van der Waals surface area contributed by atoms with Gasteiger partial charge in [-0.2, -0.15) is 4.72 Å². The van der Waals surface area contributed by atoms with Crippen LogP contribution in [0.25, 0.3) is 0 Å². The number of nitrogens with one attached hydrogen (secondary N) is 1. The van der Waals surface area contributed by atoms with E-state index in [0.29, 0.717) is 6.42 Å². The summed E-state index contributed by atoms with van der Waals surface area (Å²) < 4.78 is 31.6. The number of rotatable bonds is 6. The number of ether oxygens (including phenoxy) is 1. The Morgan fingerprint density at radius 1 is 1.33 bits per heavy atom. The predicted molar refractivity (Wildman–Crippen MR) is 82.0 cm³/mol. The predicted octanol–water partition coefficient (Wildman–Crippen LogP) is 2.86. The van der Waals surface area contributed by atoms with Gasteiger partial charge in [-0.1, -0.05) is 37.0 Å². The summed E-state index contributed by atoms with van der Waals surface area (Å²) in [6.45, 7) is 3.74. The van der Waals surface area contributed by atoms with Crippen molar-refractivity contribution in [2.75, 3.05) is 7.11 Å². The van der Waals surface area contributed by atoms with Crippen LogP contribution in [0.1, 0.15) is 20.3 Å². The summed E-state index contributed by atoms with van der Waals surface area (Å²) in [4.78, 5) is 11.5. The Morgan fingerprint density at radius 2 is 1.95 bits per heavy atom. The summed E-state index contributed by atoms with van der Waals surface area (Å²) in [6, 6.07) is 3.12. The summed E-state index contributed by atoms with van der Waals surface area (Å²) in [5, 5.41) is 0.262. The highest BCUT2D eigenvalue weighted by Crippen LogP contribution is 2.25. The summed E-state index contributed by atoms with van der Waals surface area (Å²) in [7, 11) is -2.78. The van der Waals surface area contributed by atoms with Crippen LogP contribution in [0.4, 0.5) is 0 Å². The van der Waals surface area contributed by atoms with Crippen LogP contribution in [0, 0.1) is 5.92 Å². The van der Waals surface area contributed by atoms with E-state index < -0.39 is 22.0 Å². The van der Waals surface area contributed by atoms with E-state index in [1.807, 2.05) is 13.8 Å². The van der Waals surface area contributed by atoms with Crippen molar-refractivity contribution in [2.24, 2.45) is 5.92 Å². The van der Waals surface area contributed by atoms with Crippen LogP contribution >= 0.6 is 23.2 Å². The molecule has 118 valence electrons. The molecular weight excluding hydrogens is 337 g/mol. The number of hydrogen-bond donors (Lipinski definition) is 1. The zero-order valence-electron chi connectivity index (χ0n) is 11.9. The van der Waals surface area contributed by atoms with E-state index >= 15 is 0 Å². The largest absolute Gasteiger partial charge is 0.468 e. The molecule has 1 unspecified atom stereocenters. The maximum Gasteiger partial charge on any atom is 0.323 e. The maximum atomic E-state index is 12.4. The summed E-state index contributed by atoms with van der Waals surface area (Å²) in [5.41, 5.74) is 0. The van der Waals surface area contributed by atoms with Gasteiger partial charge in [-0.15, -0.1) is 0 Å². The fourth-order valence-electron chi connectivity index (χ4n) is 1.74. The van der Waals surface area contributed by atoms with Gasteiger partial charge < -0.3 is 4.74 Å². The van der Waals surface area contributed by atoms with Crippen molar-refractivity contribution in [3.8, 4) is 0 Å². The maximum absolute atomic E-state index is 12.4. The third-order valence-electron chi connectivity index (χ3n) is 2.67. The van der Waals surface area contributed by atoms with Gasteiger partial charge in [-0.3, -0.25) is 4.79 Å². The molecule has 1 atom stereocenters. The Kier molecular flexibility index (Phi) is 6.46. The monoisotopic (exact) mass is 353 g/mol. The molecule has 1 rings (SSSR count). The van der Waals surface area contributed by atoms with Crippen molar-refractivity contribution in [1.29, 1.82) is 0 Å². The number of hydrogen-bond acceptors (Lipinski definition) is 4. The number of methoxy groups -OCH3 is 1. The molecule has 0 aliphatic carbocycles. The second kappa shape index (κ2) is 7.45. The van der Waals surface area contributed by atoms with Gasteiger partial charge in [0.25, 0.3) is 0 Å². The molecule has 0 aromatic heterocycles. The Labute approximate surface area is 134 Å². The van der Waals surface area contributed by atoms with Crippen molar-refractivity contribution in [3.05, 3.63) is 28.2 Å². The number of carbonyl (C=O) groups is 1. The molecule has 0 aliphatic rings. The van der Waals surface area contributed by atoms with Crippen LogP contribution in [0.5, 0.6) is 0 Å². The minimum absolute atomic E-state index is 0.0278. The lowest BCUT2D eigenvalue weighted by Crippen LogP contribution is -2.42. The van der Waals surface area contributed by atoms with Gasteiger partial charge in [0.15, 0.2) is 0 Å². The standard InChI is InChI=1S/C13H17Cl2NO4S/c1-8(2)6-11(13(17)20-3)16-21(18,19)12-7-9(14)4-5-10(12)15/h4-5,7-8,11,16H,6H2,1-3H3. The third-order valence-corrected chi connectivity index (χ3v) is 4.86. The minimum Gasteiger partial charge on any atom is -0.468 e. The first-order valence-electron chi connectivity index (χ1n) is 6.22.